The average molecular weight is 407 g/mol. The Bertz CT molecular complexity index is 1080. The molecule has 3 aromatic rings. The molecule has 0 N–H and O–H groups in total. The maximum absolute atomic E-state index is 14.0. The Morgan fingerprint density at radius 3 is 2.70 bits per heavy atom. The minimum Gasteiger partial charge on any atom is -0.451 e. The van der Waals surface area contributed by atoms with Crippen LogP contribution in [0.5, 0.6) is 0 Å². The maximum Gasteiger partial charge on any atom is 0.275 e. The largest absolute Gasteiger partial charge is 0.451 e. The van der Waals surface area contributed by atoms with Crippen LogP contribution in [-0.2, 0) is 0 Å². The van der Waals surface area contributed by atoms with Gasteiger partial charge in [-0.3, -0.25) is 14.6 Å². The molecule has 9 heteroatoms. The lowest BCUT2D eigenvalue weighted by Crippen LogP contribution is -2.38. The second-order valence-corrected chi connectivity index (χ2v) is 7.56. The first-order valence-electron chi connectivity index (χ1n) is 9.61. The summed E-state index contributed by atoms with van der Waals surface area (Å²) in [5.41, 5.74) is 1.20. The number of carbonyl (C=O) groups excluding carboxylic acids is 2. The predicted molar refractivity (Wildman–Crippen MR) is 102 cm³/mol. The van der Waals surface area contributed by atoms with E-state index in [9.17, 15) is 14.0 Å². The molecule has 4 heterocycles. The lowest BCUT2D eigenvalue weighted by molar-refractivity contribution is 0.0670. The molecule has 152 valence electrons. The van der Waals surface area contributed by atoms with E-state index in [1.54, 1.807) is 15.9 Å². The number of likely N-dealkylation sites (tertiary alicyclic amines) is 2. The summed E-state index contributed by atoms with van der Waals surface area (Å²) in [5.74, 6) is -0.779. The van der Waals surface area contributed by atoms with Crippen LogP contribution in [0.15, 0.2) is 59.9 Å². The quantitative estimate of drug-likeness (QED) is 0.661. The predicted octanol–water partition coefficient (Wildman–Crippen LogP) is 2.19. The van der Waals surface area contributed by atoms with Gasteiger partial charge < -0.3 is 14.2 Å². The van der Waals surface area contributed by atoms with Gasteiger partial charge in [0.1, 0.15) is 17.8 Å². The maximum atomic E-state index is 14.0. The first-order chi connectivity index (χ1) is 14.6. The van der Waals surface area contributed by atoms with Crippen LogP contribution in [0.25, 0.3) is 0 Å². The zero-order valence-corrected chi connectivity index (χ0v) is 15.9. The smallest absolute Gasteiger partial charge is 0.275 e. The van der Waals surface area contributed by atoms with E-state index in [-0.39, 0.29) is 46.9 Å². The Morgan fingerprint density at radius 1 is 1.07 bits per heavy atom. The number of hydrogen-bond acceptors (Lipinski definition) is 6. The Hall–Kier alpha value is -3.62. The highest BCUT2D eigenvalue weighted by atomic mass is 19.1. The molecule has 0 aliphatic carbocycles. The number of nitrogens with zero attached hydrogens (tertiary/aromatic N) is 5. The number of hydrogen-bond donors (Lipinski definition) is 0. The standard InChI is InChI=1S/C21H18FN5O3/c22-15-3-1-2-13(6-15)19-16-10-26(20(28)18-11-30-12-25-18)8-14(16)9-27(19)21(29)17-7-23-4-5-24-17/h1-7,11-12,14,16,19H,8-10H2/t14-,16-,19+/m0/s1. The summed E-state index contributed by atoms with van der Waals surface area (Å²) in [5, 5.41) is 0. The first kappa shape index (κ1) is 18.4. The number of fused-ring (bicyclic) bond motifs is 1. The fourth-order valence-corrected chi connectivity index (χ4v) is 4.57. The van der Waals surface area contributed by atoms with Crippen molar-refractivity contribution in [3.05, 3.63) is 78.3 Å². The molecule has 2 fully saturated rings. The van der Waals surface area contributed by atoms with Gasteiger partial charge in [0.2, 0.25) is 0 Å². The van der Waals surface area contributed by atoms with Crippen molar-refractivity contribution in [1.82, 2.24) is 24.8 Å². The number of amides is 2. The lowest BCUT2D eigenvalue weighted by atomic mass is 9.89. The van der Waals surface area contributed by atoms with Crippen LogP contribution < -0.4 is 0 Å². The fourth-order valence-electron chi connectivity index (χ4n) is 4.57. The van der Waals surface area contributed by atoms with Gasteiger partial charge in [0.05, 0.1) is 12.2 Å². The van der Waals surface area contributed by atoms with Gasteiger partial charge in [-0.05, 0) is 17.7 Å². The van der Waals surface area contributed by atoms with Gasteiger partial charge in [-0.25, -0.2) is 14.4 Å². The van der Waals surface area contributed by atoms with Gasteiger partial charge in [-0.1, -0.05) is 12.1 Å². The summed E-state index contributed by atoms with van der Waals surface area (Å²) in [4.78, 5) is 41.4. The van der Waals surface area contributed by atoms with E-state index in [1.165, 1.54) is 43.4 Å². The van der Waals surface area contributed by atoms with Gasteiger partial charge in [0.15, 0.2) is 12.1 Å². The average Bonchev–Trinajstić information content (AvgIpc) is 3.49. The van der Waals surface area contributed by atoms with E-state index in [0.717, 1.165) is 0 Å². The minimum absolute atomic E-state index is 0.0247. The highest BCUT2D eigenvalue weighted by molar-refractivity contribution is 5.93. The third kappa shape index (κ3) is 3.12. The summed E-state index contributed by atoms with van der Waals surface area (Å²) in [7, 11) is 0. The van der Waals surface area contributed by atoms with E-state index in [0.29, 0.717) is 25.2 Å². The topological polar surface area (TPSA) is 92.4 Å². The molecule has 0 unspecified atom stereocenters. The van der Waals surface area contributed by atoms with Crippen LogP contribution in [0.4, 0.5) is 4.39 Å². The molecule has 5 rings (SSSR count). The lowest BCUT2D eigenvalue weighted by Gasteiger charge is -2.29. The van der Waals surface area contributed by atoms with E-state index in [2.05, 4.69) is 15.0 Å². The molecular weight excluding hydrogens is 389 g/mol. The molecule has 0 spiro atoms. The van der Waals surface area contributed by atoms with Crippen molar-refractivity contribution in [2.45, 2.75) is 6.04 Å². The first-order valence-corrected chi connectivity index (χ1v) is 9.61. The molecule has 30 heavy (non-hydrogen) atoms. The molecule has 0 radical (unpaired) electrons. The molecule has 2 aliphatic rings. The number of oxazole rings is 1. The fraction of sp³-hybridized carbons (Fsp3) is 0.286. The van der Waals surface area contributed by atoms with Crippen molar-refractivity contribution in [1.29, 1.82) is 0 Å². The summed E-state index contributed by atoms with van der Waals surface area (Å²) >= 11 is 0. The monoisotopic (exact) mass is 407 g/mol. The third-order valence-electron chi connectivity index (χ3n) is 5.84. The van der Waals surface area contributed by atoms with Crippen molar-refractivity contribution in [2.75, 3.05) is 19.6 Å². The van der Waals surface area contributed by atoms with E-state index in [1.807, 2.05) is 6.07 Å². The van der Waals surface area contributed by atoms with Crippen molar-refractivity contribution < 1.29 is 18.4 Å². The summed E-state index contributed by atoms with van der Waals surface area (Å²) in [6.07, 6.45) is 6.96. The molecule has 8 nitrogen and oxygen atoms in total. The van der Waals surface area contributed by atoms with Gasteiger partial charge in [-0.2, -0.15) is 0 Å². The molecular formula is C21H18FN5O3. The normalized spacial score (nSPS) is 22.9. The number of aromatic nitrogens is 3. The Kier molecular flexibility index (Phi) is 4.50. The molecule has 3 atom stereocenters. The van der Waals surface area contributed by atoms with Crippen molar-refractivity contribution in [3.8, 4) is 0 Å². The van der Waals surface area contributed by atoms with Crippen LogP contribution >= 0.6 is 0 Å². The van der Waals surface area contributed by atoms with Crippen molar-refractivity contribution in [3.63, 3.8) is 0 Å². The zero-order valence-electron chi connectivity index (χ0n) is 15.9. The van der Waals surface area contributed by atoms with E-state index >= 15 is 0 Å². The van der Waals surface area contributed by atoms with Gasteiger partial charge in [0, 0.05) is 43.9 Å². The molecule has 2 saturated heterocycles. The van der Waals surface area contributed by atoms with Crippen LogP contribution in [0, 0.1) is 17.7 Å². The molecule has 2 aromatic heterocycles. The molecule has 2 aliphatic heterocycles. The van der Waals surface area contributed by atoms with Gasteiger partial charge in [-0.15, -0.1) is 0 Å². The number of benzene rings is 1. The Balaban J connectivity index is 1.46. The van der Waals surface area contributed by atoms with Crippen LogP contribution in [-0.4, -0.2) is 56.2 Å². The number of rotatable bonds is 3. The van der Waals surface area contributed by atoms with E-state index < -0.39 is 0 Å². The minimum atomic E-state index is -0.365. The Labute approximate surface area is 171 Å². The number of carbonyl (C=O) groups is 2. The van der Waals surface area contributed by atoms with Gasteiger partial charge >= 0.3 is 0 Å². The zero-order chi connectivity index (χ0) is 20.7. The third-order valence-corrected chi connectivity index (χ3v) is 5.84. The SMILES string of the molecule is O=C(c1cocn1)N1C[C@H]2CN(C(=O)c3cnccn3)[C@H](c3cccc(F)c3)[C@H]2C1. The molecule has 1 aromatic carbocycles. The highest BCUT2D eigenvalue weighted by Gasteiger charge is 2.50. The highest BCUT2D eigenvalue weighted by Crippen LogP contribution is 2.45. The van der Waals surface area contributed by atoms with Crippen LogP contribution in [0.3, 0.4) is 0 Å². The molecule has 2 amide bonds. The van der Waals surface area contributed by atoms with Crippen molar-refractivity contribution in [2.24, 2.45) is 11.8 Å². The van der Waals surface area contributed by atoms with Crippen LogP contribution in [0.2, 0.25) is 0 Å². The summed E-state index contributed by atoms with van der Waals surface area (Å²) in [6.45, 7) is 1.39. The second-order valence-electron chi connectivity index (χ2n) is 7.56. The van der Waals surface area contributed by atoms with Crippen molar-refractivity contribution >= 4 is 11.8 Å². The Morgan fingerprint density at radius 2 is 1.97 bits per heavy atom. The molecule has 0 bridgehead atoms. The second kappa shape index (κ2) is 7.33. The van der Waals surface area contributed by atoms with Gasteiger partial charge in [0.25, 0.3) is 11.8 Å². The number of halogens is 1. The summed E-state index contributed by atoms with van der Waals surface area (Å²) < 4.78 is 18.9. The molecule has 0 saturated carbocycles. The van der Waals surface area contributed by atoms with Crippen LogP contribution in [0.1, 0.15) is 32.6 Å². The van der Waals surface area contributed by atoms with E-state index in [4.69, 9.17) is 4.42 Å². The summed E-state index contributed by atoms with van der Waals surface area (Å²) in [6, 6.07) is 5.91.